The van der Waals surface area contributed by atoms with Crippen molar-refractivity contribution >= 4 is 23.2 Å². The molecule has 0 amide bonds. The van der Waals surface area contributed by atoms with Crippen molar-refractivity contribution < 1.29 is 23.4 Å². The second-order valence-electron chi connectivity index (χ2n) is 10.5. The number of nitrogens with zero attached hydrogens (tertiary/aromatic N) is 4. The number of Topliss-reactive ketones (excluding diaryl/α,β-unsaturated/α-hetero) is 1. The maximum atomic E-state index is 13.5. The van der Waals surface area contributed by atoms with Crippen LogP contribution in [-0.4, -0.2) is 60.7 Å². The van der Waals surface area contributed by atoms with Crippen LogP contribution in [-0.2, 0) is 13.0 Å². The van der Waals surface area contributed by atoms with Gasteiger partial charge in [-0.1, -0.05) is 6.07 Å². The third kappa shape index (κ3) is 5.18. The molecule has 1 saturated heterocycles. The Bertz CT molecular complexity index is 1550. The summed E-state index contributed by atoms with van der Waals surface area (Å²) < 4.78 is 22.0. The predicted octanol–water partition coefficient (Wildman–Crippen LogP) is 4.79. The van der Waals surface area contributed by atoms with Crippen molar-refractivity contribution in [1.29, 1.82) is 0 Å². The van der Waals surface area contributed by atoms with E-state index in [4.69, 9.17) is 28.6 Å². The van der Waals surface area contributed by atoms with E-state index >= 15 is 0 Å². The Morgan fingerprint density at radius 3 is 2.59 bits per heavy atom. The van der Waals surface area contributed by atoms with E-state index in [1.54, 1.807) is 13.4 Å². The summed E-state index contributed by atoms with van der Waals surface area (Å²) in [6, 6.07) is 17.5. The van der Waals surface area contributed by atoms with E-state index in [9.17, 15) is 4.79 Å². The third-order valence-electron chi connectivity index (χ3n) is 7.92. The normalized spacial score (nSPS) is 18.3. The van der Waals surface area contributed by atoms with E-state index in [1.165, 1.54) is 5.56 Å². The Morgan fingerprint density at radius 1 is 0.976 bits per heavy atom. The summed E-state index contributed by atoms with van der Waals surface area (Å²) in [7, 11) is 1.64. The molecule has 4 heterocycles. The van der Waals surface area contributed by atoms with Gasteiger partial charge in [-0.15, -0.1) is 0 Å². The summed E-state index contributed by atoms with van der Waals surface area (Å²) in [5.74, 6) is 4.33. The second kappa shape index (κ2) is 10.8. The lowest BCUT2D eigenvalue weighted by atomic mass is 9.84. The van der Waals surface area contributed by atoms with Crippen molar-refractivity contribution in [1.82, 2.24) is 14.9 Å². The highest BCUT2D eigenvalue weighted by Crippen LogP contribution is 2.37. The number of methoxy groups -OCH3 is 1. The van der Waals surface area contributed by atoms with Crippen LogP contribution < -0.4 is 24.4 Å². The fraction of sp³-hybridized carbons (Fsp3) is 0.323. The van der Waals surface area contributed by atoms with Crippen molar-refractivity contribution in [2.24, 2.45) is 0 Å². The molecule has 4 aromatic rings. The summed E-state index contributed by atoms with van der Waals surface area (Å²) in [5.41, 5.74) is 3.34. The van der Waals surface area contributed by atoms with Crippen LogP contribution in [0.5, 0.6) is 17.2 Å². The summed E-state index contributed by atoms with van der Waals surface area (Å²) >= 11 is 0. The smallest absolute Gasteiger partial charge is 0.231 e. The number of piperazine rings is 1. The average Bonchev–Trinajstić information content (AvgIpc) is 3.70. The first-order chi connectivity index (χ1) is 20.1. The molecule has 0 spiro atoms. The van der Waals surface area contributed by atoms with Gasteiger partial charge in [0.1, 0.15) is 17.3 Å². The fourth-order valence-electron chi connectivity index (χ4n) is 5.74. The van der Waals surface area contributed by atoms with Crippen LogP contribution >= 0.6 is 0 Å². The lowest BCUT2D eigenvalue weighted by Crippen LogP contribution is -2.46. The lowest BCUT2D eigenvalue weighted by molar-refractivity contribution is 0.0959. The number of nitrogens with one attached hydrogen (secondary N) is 1. The topological polar surface area (TPSA) is 102 Å². The minimum Gasteiger partial charge on any atom is -0.497 e. The monoisotopic (exact) mass is 553 g/mol. The highest BCUT2D eigenvalue weighted by molar-refractivity contribution is 6.03. The van der Waals surface area contributed by atoms with Gasteiger partial charge in [0, 0.05) is 57.2 Å². The SMILES string of the molecule is COc1ccc(Nc2nc(N3CCN(Cc4ccc5c(c4)OCO5)CC3)nc3c2C(=O)CC(c2ccco2)C3)cc1. The van der Waals surface area contributed by atoms with E-state index in [0.29, 0.717) is 30.2 Å². The van der Waals surface area contributed by atoms with Crippen molar-refractivity contribution in [3.63, 3.8) is 0 Å². The largest absolute Gasteiger partial charge is 0.497 e. The van der Waals surface area contributed by atoms with Crippen LogP contribution in [0.25, 0.3) is 0 Å². The number of rotatable bonds is 7. The molecule has 0 bridgehead atoms. The van der Waals surface area contributed by atoms with Gasteiger partial charge < -0.3 is 28.8 Å². The van der Waals surface area contributed by atoms with E-state index in [1.807, 2.05) is 42.5 Å². The van der Waals surface area contributed by atoms with Crippen molar-refractivity contribution in [3.8, 4) is 17.2 Å². The molecular formula is C31H31N5O5. The Hall–Kier alpha value is -4.57. The number of carbonyl (C=O) groups excluding carboxylic acids is 1. The Balaban J connectivity index is 1.13. The molecule has 2 aromatic heterocycles. The molecular weight excluding hydrogens is 522 g/mol. The molecule has 1 aliphatic carbocycles. The molecule has 2 aliphatic heterocycles. The molecule has 7 rings (SSSR count). The highest BCUT2D eigenvalue weighted by Gasteiger charge is 2.33. The molecule has 3 aliphatic rings. The number of ether oxygens (including phenoxy) is 3. The van der Waals surface area contributed by atoms with Gasteiger partial charge in [-0.2, -0.15) is 4.98 Å². The molecule has 1 N–H and O–H groups in total. The summed E-state index contributed by atoms with van der Waals surface area (Å²) in [4.78, 5) is 28.0. The Kier molecular flexibility index (Phi) is 6.68. The van der Waals surface area contributed by atoms with Crippen molar-refractivity contribution in [3.05, 3.63) is 83.4 Å². The van der Waals surface area contributed by atoms with Crippen LogP contribution in [0, 0.1) is 0 Å². The number of aromatic nitrogens is 2. The number of carbonyl (C=O) groups is 1. The molecule has 41 heavy (non-hydrogen) atoms. The van der Waals surface area contributed by atoms with Crippen LogP contribution in [0.1, 0.15) is 39.7 Å². The number of fused-ring (bicyclic) bond motifs is 2. The van der Waals surface area contributed by atoms with Crippen molar-refractivity contribution in [2.45, 2.75) is 25.3 Å². The van der Waals surface area contributed by atoms with Crippen LogP contribution in [0.3, 0.4) is 0 Å². The molecule has 1 unspecified atom stereocenters. The second-order valence-corrected chi connectivity index (χ2v) is 10.5. The Labute approximate surface area is 237 Å². The number of anilines is 3. The first kappa shape index (κ1) is 25.4. The fourth-order valence-corrected chi connectivity index (χ4v) is 5.74. The van der Waals surface area contributed by atoms with Crippen molar-refractivity contribution in [2.75, 3.05) is 50.3 Å². The molecule has 2 aromatic carbocycles. The van der Waals surface area contributed by atoms with Crippen LogP contribution in [0.15, 0.2) is 65.3 Å². The van der Waals surface area contributed by atoms with Gasteiger partial charge >= 0.3 is 0 Å². The van der Waals surface area contributed by atoms with E-state index in [0.717, 1.165) is 67.1 Å². The van der Waals surface area contributed by atoms with E-state index in [-0.39, 0.29) is 18.5 Å². The van der Waals surface area contributed by atoms with E-state index in [2.05, 4.69) is 27.2 Å². The molecule has 0 saturated carbocycles. The average molecular weight is 554 g/mol. The van der Waals surface area contributed by atoms with Gasteiger partial charge in [0.05, 0.1) is 24.6 Å². The predicted molar refractivity (Wildman–Crippen MR) is 152 cm³/mol. The third-order valence-corrected chi connectivity index (χ3v) is 7.92. The maximum Gasteiger partial charge on any atom is 0.231 e. The first-order valence-electron chi connectivity index (χ1n) is 13.9. The van der Waals surface area contributed by atoms with Gasteiger partial charge in [-0.3, -0.25) is 9.69 Å². The maximum absolute atomic E-state index is 13.5. The summed E-state index contributed by atoms with van der Waals surface area (Å²) in [5, 5.41) is 3.39. The summed E-state index contributed by atoms with van der Waals surface area (Å²) in [6.07, 6.45) is 2.63. The van der Waals surface area contributed by atoms with Gasteiger partial charge in [0.2, 0.25) is 12.7 Å². The molecule has 1 fully saturated rings. The minimum atomic E-state index is -0.0415. The van der Waals surface area contributed by atoms with Gasteiger partial charge in [-0.25, -0.2) is 4.98 Å². The number of furan rings is 1. The number of benzene rings is 2. The Morgan fingerprint density at radius 2 is 1.80 bits per heavy atom. The molecule has 0 radical (unpaired) electrons. The molecule has 10 nitrogen and oxygen atoms in total. The number of hydrogen-bond donors (Lipinski definition) is 1. The number of ketones is 1. The minimum absolute atomic E-state index is 0.0174. The number of hydrogen-bond acceptors (Lipinski definition) is 10. The van der Waals surface area contributed by atoms with Crippen LogP contribution in [0.2, 0.25) is 0 Å². The lowest BCUT2D eigenvalue weighted by Gasteiger charge is -2.35. The molecule has 210 valence electrons. The zero-order valence-corrected chi connectivity index (χ0v) is 22.8. The molecule has 10 heteroatoms. The van der Waals surface area contributed by atoms with Gasteiger partial charge in [-0.05, 0) is 54.1 Å². The van der Waals surface area contributed by atoms with Crippen LogP contribution in [0.4, 0.5) is 17.5 Å². The van der Waals surface area contributed by atoms with Gasteiger partial charge in [0.25, 0.3) is 0 Å². The highest BCUT2D eigenvalue weighted by atomic mass is 16.7. The molecule has 1 atom stereocenters. The first-order valence-corrected chi connectivity index (χ1v) is 13.9. The summed E-state index contributed by atoms with van der Waals surface area (Å²) in [6.45, 7) is 4.40. The zero-order valence-electron chi connectivity index (χ0n) is 22.8. The van der Waals surface area contributed by atoms with Gasteiger partial charge in [0.15, 0.2) is 17.3 Å². The standard InChI is InChI=1S/C31H31N5O5/c1-38-23-7-5-22(6-8-23)32-30-29-24(16-21(17-25(29)37)26-3-2-14-39-26)33-31(34-30)36-12-10-35(11-13-36)18-20-4-9-27-28(15-20)41-19-40-27/h2-9,14-15,21H,10-13,16-19H2,1H3,(H,32,33,34). The van der Waals surface area contributed by atoms with E-state index < -0.39 is 0 Å². The zero-order chi connectivity index (χ0) is 27.8. The quantitative estimate of drug-likeness (QED) is 0.344.